The number of ether oxygens (including phenoxy) is 1. The molecule has 23 heavy (non-hydrogen) atoms. The van der Waals surface area contributed by atoms with Crippen LogP contribution in [0.4, 0.5) is 5.69 Å². The number of pyridine rings is 1. The minimum atomic E-state index is -0.508. The van der Waals surface area contributed by atoms with Crippen LogP contribution in [0.3, 0.4) is 0 Å². The predicted octanol–water partition coefficient (Wildman–Crippen LogP) is 2.68. The summed E-state index contributed by atoms with van der Waals surface area (Å²) >= 11 is 0. The number of aryl methyl sites for hydroxylation is 1. The number of anilines is 1. The molecule has 1 aromatic carbocycles. The van der Waals surface area contributed by atoms with Crippen LogP contribution in [0.2, 0.25) is 0 Å². The van der Waals surface area contributed by atoms with Gasteiger partial charge in [-0.25, -0.2) is 9.78 Å². The third-order valence-corrected chi connectivity index (χ3v) is 3.51. The average Bonchev–Trinajstić information content (AvgIpc) is 3.00. The molecule has 1 amide bonds. The molecule has 0 atom stereocenters. The standard InChI is InChI=1S/C17H15N3O3/c1-11-6-5-9-15-18-14(10-20(11)15)16(21)19-13-8-4-3-7-12(13)17(22)23-2/h3-10H,1-2H3,(H,19,21). The van der Waals surface area contributed by atoms with E-state index < -0.39 is 5.97 Å². The van der Waals surface area contributed by atoms with Crippen molar-refractivity contribution in [2.75, 3.05) is 12.4 Å². The number of benzene rings is 1. The van der Waals surface area contributed by atoms with E-state index in [4.69, 9.17) is 4.74 Å². The summed E-state index contributed by atoms with van der Waals surface area (Å²) < 4.78 is 6.55. The number of nitrogens with one attached hydrogen (secondary N) is 1. The number of methoxy groups -OCH3 is 1. The summed E-state index contributed by atoms with van der Waals surface area (Å²) in [6, 6.07) is 12.3. The van der Waals surface area contributed by atoms with Crippen molar-refractivity contribution in [3.05, 3.63) is 65.6 Å². The zero-order valence-corrected chi connectivity index (χ0v) is 12.7. The molecule has 3 aromatic rings. The number of carbonyl (C=O) groups excluding carboxylic acids is 2. The Bertz CT molecular complexity index is 899. The predicted molar refractivity (Wildman–Crippen MR) is 85.7 cm³/mol. The normalized spacial score (nSPS) is 10.5. The molecular weight excluding hydrogens is 294 g/mol. The molecule has 6 nitrogen and oxygen atoms in total. The molecule has 0 aliphatic rings. The van der Waals surface area contributed by atoms with E-state index in [1.54, 1.807) is 30.5 Å². The van der Waals surface area contributed by atoms with Crippen LogP contribution in [0, 0.1) is 6.92 Å². The number of aromatic nitrogens is 2. The van der Waals surface area contributed by atoms with Crippen LogP contribution in [0.15, 0.2) is 48.7 Å². The van der Waals surface area contributed by atoms with Crippen molar-refractivity contribution in [2.45, 2.75) is 6.92 Å². The summed E-state index contributed by atoms with van der Waals surface area (Å²) in [7, 11) is 1.30. The van der Waals surface area contributed by atoms with Gasteiger partial charge in [-0.15, -0.1) is 0 Å². The Hall–Kier alpha value is -3.15. The minimum absolute atomic E-state index is 0.277. The fraction of sp³-hybridized carbons (Fsp3) is 0.118. The van der Waals surface area contributed by atoms with Gasteiger partial charge in [-0.3, -0.25) is 4.79 Å². The van der Waals surface area contributed by atoms with Crippen molar-refractivity contribution < 1.29 is 14.3 Å². The van der Waals surface area contributed by atoms with Crippen LogP contribution in [0.5, 0.6) is 0 Å². The third-order valence-electron chi connectivity index (χ3n) is 3.51. The van der Waals surface area contributed by atoms with Crippen molar-refractivity contribution in [1.82, 2.24) is 9.38 Å². The van der Waals surface area contributed by atoms with Crippen LogP contribution >= 0.6 is 0 Å². The van der Waals surface area contributed by atoms with Gasteiger partial charge in [-0.2, -0.15) is 0 Å². The van der Waals surface area contributed by atoms with Gasteiger partial charge in [-0.1, -0.05) is 18.2 Å². The number of imidazole rings is 1. The van der Waals surface area contributed by atoms with E-state index in [2.05, 4.69) is 10.3 Å². The monoisotopic (exact) mass is 309 g/mol. The Morgan fingerprint density at radius 2 is 1.91 bits per heavy atom. The van der Waals surface area contributed by atoms with Crippen LogP contribution in [0.1, 0.15) is 26.5 Å². The molecule has 0 unspecified atom stereocenters. The summed E-state index contributed by atoms with van der Waals surface area (Å²) in [5, 5.41) is 2.71. The maximum Gasteiger partial charge on any atom is 0.339 e. The number of para-hydroxylation sites is 1. The number of esters is 1. The first-order valence-corrected chi connectivity index (χ1v) is 7.03. The number of carbonyl (C=O) groups is 2. The van der Waals surface area contributed by atoms with Crippen molar-refractivity contribution in [2.24, 2.45) is 0 Å². The molecule has 3 rings (SSSR count). The van der Waals surface area contributed by atoms with Gasteiger partial charge in [0.1, 0.15) is 11.3 Å². The Morgan fingerprint density at radius 1 is 1.13 bits per heavy atom. The van der Waals surface area contributed by atoms with E-state index in [0.717, 1.165) is 5.69 Å². The lowest BCUT2D eigenvalue weighted by atomic mass is 10.2. The summed E-state index contributed by atoms with van der Waals surface area (Å²) in [6.45, 7) is 1.93. The van der Waals surface area contributed by atoms with Gasteiger partial charge in [0.15, 0.2) is 0 Å². The maximum absolute atomic E-state index is 12.4. The fourth-order valence-electron chi connectivity index (χ4n) is 2.32. The quantitative estimate of drug-likeness (QED) is 0.755. The Balaban J connectivity index is 1.92. The van der Waals surface area contributed by atoms with Gasteiger partial charge in [-0.05, 0) is 31.2 Å². The van der Waals surface area contributed by atoms with E-state index in [1.807, 2.05) is 29.5 Å². The van der Waals surface area contributed by atoms with Gasteiger partial charge in [0.2, 0.25) is 0 Å². The van der Waals surface area contributed by atoms with Gasteiger partial charge in [0.05, 0.1) is 18.4 Å². The van der Waals surface area contributed by atoms with Crippen LogP contribution in [-0.4, -0.2) is 28.4 Å². The highest BCUT2D eigenvalue weighted by Gasteiger charge is 2.16. The molecule has 0 aliphatic carbocycles. The summed E-state index contributed by atoms with van der Waals surface area (Å²) in [6.07, 6.45) is 1.67. The highest BCUT2D eigenvalue weighted by Crippen LogP contribution is 2.17. The topological polar surface area (TPSA) is 72.7 Å². The van der Waals surface area contributed by atoms with E-state index in [1.165, 1.54) is 7.11 Å². The van der Waals surface area contributed by atoms with Crippen LogP contribution in [0.25, 0.3) is 5.65 Å². The number of hydrogen-bond donors (Lipinski definition) is 1. The molecule has 2 aromatic heterocycles. The zero-order valence-electron chi connectivity index (χ0n) is 12.7. The first-order valence-electron chi connectivity index (χ1n) is 7.03. The molecule has 1 N–H and O–H groups in total. The van der Waals surface area contributed by atoms with E-state index in [-0.39, 0.29) is 11.6 Å². The molecule has 116 valence electrons. The third kappa shape index (κ3) is 2.78. The first kappa shape index (κ1) is 14.8. The molecule has 2 heterocycles. The molecule has 0 bridgehead atoms. The summed E-state index contributed by atoms with van der Waals surface area (Å²) in [5.74, 6) is -0.892. The SMILES string of the molecule is COC(=O)c1ccccc1NC(=O)c1cn2c(C)cccc2n1. The van der Waals surface area contributed by atoms with Crippen LogP contribution in [-0.2, 0) is 4.74 Å². The Morgan fingerprint density at radius 3 is 2.65 bits per heavy atom. The van der Waals surface area contributed by atoms with Crippen molar-refractivity contribution in [3.63, 3.8) is 0 Å². The highest BCUT2D eigenvalue weighted by molar-refractivity contribution is 6.07. The largest absolute Gasteiger partial charge is 0.465 e. The lowest BCUT2D eigenvalue weighted by molar-refractivity contribution is 0.0602. The second-order valence-electron chi connectivity index (χ2n) is 5.01. The summed E-state index contributed by atoms with van der Waals surface area (Å²) in [4.78, 5) is 28.5. The molecule has 0 aliphatic heterocycles. The minimum Gasteiger partial charge on any atom is -0.465 e. The second-order valence-corrected chi connectivity index (χ2v) is 5.01. The number of nitrogens with zero attached hydrogens (tertiary/aromatic N) is 2. The molecule has 0 saturated carbocycles. The van der Waals surface area contributed by atoms with E-state index in [0.29, 0.717) is 16.9 Å². The zero-order chi connectivity index (χ0) is 16.4. The highest BCUT2D eigenvalue weighted by atomic mass is 16.5. The Labute approximate surface area is 132 Å². The lowest BCUT2D eigenvalue weighted by Gasteiger charge is -2.08. The molecule has 0 saturated heterocycles. The van der Waals surface area contributed by atoms with Crippen molar-refractivity contribution >= 4 is 23.2 Å². The molecule has 6 heteroatoms. The van der Waals surface area contributed by atoms with Crippen molar-refractivity contribution in [3.8, 4) is 0 Å². The number of hydrogen-bond acceptors (Lipinski definition) is 4. The average molecular weight is 309 g/mol. The number of rotatable bonds is 3. The van der Waals surface area contributed by atoms with E-state index >= 15 is 0 Å². The Kier molecular flexibility index (Phi) is 3.80. The molecular formula is C17H15N3O3. The lowest BCUT2D eigenvalue weighted by Crippen LogP contribution is -2.15. The number of amides is 1. The van der Waals surface area contributed by atoms with E-state index in [9.17, 15) is 9.59 Å². The first-order chi connectivity index (χ1) is 11.1. The van der Waals surface area contributed by atoms with Gasteiger partial charge in [0, 0.05) is 11.9 Å². The smallest absolute Gasteiger partial charge is 0.339 e. The number of fused-ring (bicyclic) bond motifs is 1. The van der Waals surface area contributed by atoms with Gasteiger partial charge in [0.25, 0.3) is 5.91 Å². The molecule has 0 fully saturated rings. The fourth-order valence-corrected chi connectivity index (χ4v) is 2.32. The van der Waals surface area contributed by atoms with Gasteiger partial charge < -0.3 is 14.5 Å². The van der Waals surface area contributed by atoms with Crippen LogP contribution < -0.4 is 5.32 Å². The summed E-state index contributed by atoms with van der Waals surface area (Å²) in [5.41, 5.74) is 2.63. The molecule has 0 spiro atoms. The van der Waals surface area contributed by atoms with Crippen molar-refractivity contribution in [1.29, 1.82) is 0 Å². The second kappa shape index (κ2) is 5.92. The maximum atomic E-state index is 12.4. The molecule has 0 radical (unpaired) electrons. The van der Waals surface area contributed by atoms with Gasteiger partial charge >= 0.3 is 5.97 Å².